The number of fused-ring (bicyclic) bond motifs is 3. The van der Waals surface area contributed by atoms with E-state index < -0.39 is 0 Å². The van der Waals surface area contributed by atoms with Crippen molar-refractivity contribution >= 4 is 40.0 Å². The molecule has 0 fully saturated rings. The number of nitrogens with zero attached hydrogens (tertiary/aromatic N) is 4. The molecule has 1 N–H and O–H groups in total. The molecule has 2 aromatic heterocycles. The highest BCUT2D eigenvalue weighted by molar-refractivity contribution is 7.99. The lowest BCUT2D eigenvalue weighted by Gasteiger charge is -2.12. The van der Waals surface area contributed by atoms with Crippen LogP contribution in [0, 0.1) is 0 Å². The van der Waals surface area contributed by atoms with Gasteiger partial charge in [0.15, 0.2) is 5.16 Å². The van der Waals surface area contributed by atoms with Gasteiger partial charge < -0.3 is 10.1 Å². The predicted molar refractivity (Wildman–Crippen MR) is 136 cm³/mol. The summed E-state index contributed by atoms with van der Waals surface area (Å²) in [5.74, 6) is 0.507. The Bertz CT molecular complexity index is 1340. The van der Waals surface area contributed by atoms with Crippen molar-refractivity contribution in [3.63, 3.8) is 0 Å². The molecule has 9 heteroatoms. The molecule has 0 unspecified atom stereocenters. The minimum absolute atomic E-state index is 0.107. The van der Waals surface area contributed by atoms with Crippen molar-refractivity contribution in [3.8, 4) is 0 Å². The van der Waals surface area contributed by atoms with Crippen LogP contribution < -0.4 is 10.9 Å². The first-order chi connectivity index (χ1) is 16.5. The largest absolute Gasteiger partial charge is 0.379 e. The number of nitrogens with one attached hydrogen (secondary N) is 1. The Kier molecular flexibility index (Phi) is 7.64. The molecule has 34 heavy (non-hydrogen) atoms. The van der Waals surface area contributed by atoms with Crippen molar-refractivity contribution in [3.05, 3.63) is 64.4 Å². The highest BCUT2D eigenvalue weighted by Crippen LogP contribution is 2.22. The van der Waals surface area contributed by atoms with E-state index >= 15 is 0 Å². The molecule has 0 aliphatic heterocycles. The van der Waals surface area contributed by atoms with Gasteiger partial charge in [-0.25, -0.2) is 0 Å². The molecule has 0 bridgehead atoms. The normalized spacial score (nSPS) is 11.5. The molecule has 0 atom stereocenters. The minimum Gasteiger partial charge on any atom is -0.379 e. The first-order valence-electron chi connectivity index (χ1n) is 11.5. The molecule has 2 heterocycles. The summed E-state index contributed by atoms with van der Waals surface area (Å²) in [6, 6.07) is 15.2. The van der Waals surface area contributed by atoms with E-state index in [1.54, 1.807) is 10.6 Å². The number of ether oxygens (including phenoxy) is 1. The Balaban J connectivity index is 1.57. The third-order valence-electron chi connectivity index (χ3n) is 5.43. The molecule has 4 rings (SSSR count). The van der Waals surface area contributed by atoms with Gasteiger partial charge in [0.05, 0.1) is 22.8 Å². The average molecular weight is 480 g/mol. The van der Waals surface area contributed by atoms with Crippen LogP contribution in [-0.2, 0) is 22.5 Å². The Morgan fingerprint density at radius 3 is 2.62 bits per heavy atom. The summed E-state index contributed by atoms with van der Waals surface area (Å²) in [6.45, 7) is 7.09. The van der Waals surface area contributed by atoms with Gasteiger partial charge >= 0.3 is 0 Å². The molecule has 178 valence electrons. The lowest BCUT2D eigenvalue weighted by molar-refractivity contribution is -0.113. The molecule has 0 radical (unpaired) electrons. The second-order valence-electron chi connectivity index (χ2n) is 8.25. The summed E-state index contributed by atoms with van der Waals surface area (Å²) in [4.78, 5) is 25.7. The van der Waals surface area contributed by atoms with Crippen LogP contribution in [0.5, 0.6) is 0 Å². The van der Waals surface area contributed by atoms with Crippen LogP contribution >= 0.6 is 11.8 Å². The molecule has 0 aliphatic rings. The SMILES string of the molecule is CCc1ccc(NC(=O)CSc2nnc3n(CCCOC(C)C)c(=O)c4ccccc4n23)cc1. The number of aromatic nitrogens is 4. The predicted octanol–water partition coefficient (Wildman–Crippen LogP) is 4.15. The molecule has 2 aromatic carbocycles. The monoisotopic (exact) mass is 479 g/mol. The summed E-state index contributed by atoms with van der Waals surface area (Å²) in [6.07, 6.45) is 1.77. The Morgan fingerprint density at radius 2 is 1.88 bits per heavy atom. The van der Waals surface area contributed by atoms with Gasteiger partial charge in [-0.3, -0.25) is 18.6 Å². The number of amides is 1. The molecule has 0 spiro atoms. The fourth-order valence-electron chi connectivity index (χ4n) is 3.72. The zero-order valence-electron chi connectivity index (χ0n) is 19.7. The van der Waals surface area contributed by atoms with Crippen LogP contribution in [0.25, 0.3) is 16.7 Å². The van der Waals surface area contributed by atoms with E-state index in [2.05, 4.69) is 22.4 Å². The van der Waals surface area contributed by atoms with Gasteiger partial charge in [-0.1, -0.05) is 43.0 Å². The number of hydrogen-bond donors (Lipinski definition) is 1. The van der Waals surface area contributed by atoms with E-state index in [9.17, 15) is 9.59 Å². The van der Waals surface area contributed by atoms with Crippen molar-refractivity contribution in [2.75, 3.05) is 17.7 Å². The van der Waals surface area contributed by atoms with Gasteiger partial charge in [-0.05, 0) is 56.5 Å². The fourth-order valence-corrected chi connectivity index (χ4v) is 4.46. The van der Waals surface area contributed by atoms with Crippen molar-refractivity contribution < 1.29 is 9.53 Å². The van der Waals surface area contributed by atoms with Gasteiger partial charge in [-0.15, -0.1) is 10.2 Å². The first kappa shape index (κ1) is 24.0. The average Bonchev–Trinajstić information content (AvgIpc) is 3.26. The topological polar surface area (TPSA) is 90.5 Å². The Hall–Kier alpha value is -3.17. The smallest absolute Gasteiger partial charge is 0.262 e. The number of carbonyl (C=O) groups is 1. The van der Waals surface area contributed by atoms with Crippen LogP contribution in [0.1, 0.15) is 32.8 Å². The van der Waals surface area contributed by atoms with Gasteiger partial charge in [0, 0.05) is 18.8 Å². The molecular formula is C25H29N5O3S. The molecule has 0 aliphatic carbocycles. The van der Waals surface area contributed by atoms with Crippen LogP contribution in [0.3, 0.4) is 0 Å². The maximum Gasteiger partial charge on any atom is 0.262 e. The van der Waals surface area contributed by atoms with Crippen molar-refractivity contribution in [2.24, 2.45) is 0 Å². The number of hydrogen-bond acceptors (Lipinski definition) is 6. The summed E-state index contributed by atoms with van der Waals surface area (Å²) >= 11 is 1.29. The summed E-state index contributed by atoms with van der Waals surface area (Å²) in [7, 11) is 0. The molecule has 4 aromatic rings. The Labute approximate surface area is 202 Å². The van der Waals surface area contributed by atoms with Crippen LogP contribution in [0.15, 0.2) is 58.5 Å². The van der Waals surface area contributed by atoms with Gasteiger partial charge in [0.1, 0.15) is 0 Å². The fraction of sp³-hybridized carbons (Fsp3) is 0.360. The maximum atomic E-state index is 13.2. The van der Waals surface area contributed by atoms with Crippen molar-refractivity contribution in [1.29, 1.82) is 0 Å². The molecule has 0 saturated carbocycles. The number of anilines is 1. The third-order valence-corrected chi connectivity index (χ3v) is 6.36. The van der Waals surface area contributed by atoms with Gasteiger partial charge in [0.2, 0.25) is 11.7 Å². The van der Waals surface area contributed by atoms with Gasteiger partial charge in [0.25, 0.3) is 5.56 Å². The standard InChI is InChI=1S/C25H29N5O3S/c1-4-18-10-12-19(13-11-18)26-22(31)16-34-25-28-27-24-29(14-7-15-33-17(2)3)23(32)20-8-5-6-9-21(20)30(24)25/h5-6,8-13,17H,4,7,14-16H2,1-3H3,(H,26,31). The molecular weight excluding hydrogens is 450 g/mol. The maximum absolute atomic E-state index is 13.2. The quantitative estimate of drug-likeness (QED) is 0.271. The number of aryl methyl sites for hydroxylation is 2. The van der Waals surface area contributed by atoms with E-state index in [1.165, 1.54) is 17.3 Å². The molecule has 1 amide bonds. The van der Waals surface area contributed by atoms with E-state index in [0.717, 1.165) is 17.6 Å². The van der Waals surface area contributed by atoms with Gasteiger partial charge in [-0.2, -0.15) is 0 Å². The zero-order chi connectivity index (χ0) is 24.1. The molecule has 0 saturated heterocycles. The van der Waals surface area contributed by atoms with E-state index in [-0.39, 0.29) is 23.3 Å². The number of benzene rings is 2. The second-order valence-corrected chi connectivity index (χ2v) is 9.19. The van der Waals surface area contributed by atoms with Crippen LogP contribution in [0.2, 0.25) is 0 Å². The summed E-state index contributed by atoms with van der Waals surface area (Å²) in [5.41, 5.74) is 2.60. The Morgan fingerprint density at radius 1 is 1.12 bits per heavy atom. The number of rotatable bonds is 10. The van der Waals surface area contributed by atoms with Crippen LogP contribution in [0.4, 0.5) is 5.69 Å². The lowest BCUT2D eigenvalue weighted by Crippen LogP contribution is -2.24. The van der Waals surface area contributed by atoms with Crippen molar-refractivity contribution in [2.45, 2.75) is 51.4 Å². The highest BCUT2D eigenvalue weighted by atomic mass is 32.2. The summed E-state index contributed by atoms with van der Waals surface area (Å²) < 4.78 is 9.12. The minimum atomic E-state index is -0.130. The van der Waals surface area contributed by atoms with E-state index in [1.807, 2.05) is 60.7 Å². The first-order valence-corrected chi connectivity index (χ1v) is 12.5. The number of thioether (sulfide) groups is 1. The van der Waals surface area contributed by atoms with Crippen LogP contribution in [-0.4, -0.2) is 43.5 Å². The zero-order valence-corrected chi connectivity index (χ0v) is 20.5. The van der Waals surface area contributed by atoms with Crippen molar-refractivity contribution in [1.82, 2.24) is 19.2 Å². The van der Waals surface area contributed by atoms with E-state index in [4.69, 9.17) is 4.74 Å². The third kappa shape index (κ3) is 5.31. The lowest BCUT2D eigenvalue weighted by atomic mass is 10.1. The number of para-hydroxylation sites is 1. The second kappa shape index (κ2) is 10.8. The highest BCUT2D eigenvalue weighted by Gasteiger charge is 2.17. The molecule has 8 nitrogen and oxygen atoms in total. The summed E-state index contributed by atoms with van der Waals surface area (Å²) in [5, 5.41) is 12.7. The number of carbonyl (C=O) groups excluding carboxylic acids is 1. The van der Waals surface area contributed by atoms with E-state index in [0.29, 0.717) is 35.9 Å².